The van der Waals surface area contributed by atoms with Crippen LogP contribution in [0.3, 0.4) is 0 Å². The lowest BCUT2D eigenvalue weighted by Gasteiger charge is -2.25. The van der Waals surface area contributed by atoms with Crippen LogP contribution in [0.5, 0.6) is 17.2 Å². The molecule has 0 saturated carbocycles. The third-order valence-corrected chi connectivity index (χ3v) is 5.23. The molecule has 0 bridgehead atoms. The van der Waals surface area contributed by atoms with E-state index in [9.17, 15) is 10.1 Å². The van der Waals surface area contributed by atoms with E-state index in [4.69, 9.17) is 47.6 Å². The number of rotatable bonds is 4. The molecule has 1 aliphatic heterocycles. The Morgan fingerprint density at radius 1 is 1.19 bits per heavy atom. The Bertz CT molecular complexity index is 1220. The van der Waals surface area contributed by atoms with E-state index < -0.39 is 11.9 Å². The number of allylic oxidation sites excluding steroid dienone is 1. The number of methoxy groups -OCH3 is 1. The molecule has 2 N–H and O–H groups in total. The van der Waals surface area contributed by atoms with Crippen LogP contribution in [-0.2, 0) is 0 Å². The number of nitrogens with zero attached hydrogens (tertiary/aromatic N) is 1. The zero-order valence-electron chi connectivity index (χ0n) is 16.0. The molecule has 2 aromatic carbocycles. The highest BCUT2D eigenvalue weighted by Gasteiger charge is 2.33. The summed E-state index contributed by atoms with van der Waals surface area (Å²) in [6, 6.07) is 13.1. The molecule has 4 rings (SSSR count). The van der Waals surface area contributed by atoms with E-state index in [1.54, 1.807) is 24.3 Å². The summed E-state index contributed by atoms with van der Waals surface area (Å²) in [5, 5.41) is 9.89. The van der Waals surface area contributed by atoms with Crippen molar-refractivity contribution in [1.82, 2.24) is 0 Å². The van der Waals surface area contributed by atoms with Gasteiger partial charge in [-0.25, -0.2) is 4.79 Å². The molecular weight excluding hydrogens is 443 g/mol. The Morgan fingerprint density at radius 2 is 1.94 bits per heavy atom. The molecule has 0 aliphatic carbocycles. The molecule has 1 aliphatic rings. The summed E-state index contributed by atoms with van der Waals surface area (Å²) in [5.41, 5.74) is 6.98. The molecule has 31 heavy (non-hydrogen) atoms. The summed E-state index contributed by atoms with van der Waals surface area (Å²) in [6.45, 7) is 0. The number of furan rings is 1. The highest BCUT2D eigenvalue weighted by molar-refractivity contribution is 6.37. The van der Waals surface area contributed by atoms with Gasteiger partial charge < -0.3 is 24.4 Å². The maximum atomic E-state index is 12.6. The molecule has 0 radical (unpaired) electrons. The van der Waals surface area contributed by atoms with Crippen molar-refractivity contribution >= 4 is 29.2 Å². The second kappa shape index (κ2) is 8.26. The Balaban J connectivity index is 1.65. The normalized spacial score (nSPS) is 15.0. The van der Waals surface area contributed by atoms with Crippen molar-refractivity contribution in [3.05, 3.63) is 87.1 Å². The highest BCUT2D eigenvalue weighted by Crippen LogP contribution is 2.43. The number of carbonyl (C=O) groups is 1. The van der Waals surface area contributed by atoms with Crippen molar-refractivity contribution in [3.8, 4) is 23.3 Å². The number of hydrogen-bond acceptors (Lipinski definition) is 7. The smallest absolute Gasteiger partial charge is 0.343 e. The fraction of sp³-hybridized carbons (Fsp3) is 0.0909. The number of fused-ring (bicyclic) bond motifs is 1. The zero-order valence-corrected chi connectivity index (χ0v) is 17.5. The topological polar surface area (TPSA) is 108 Å². The van der Waals surface area contributed by atoms with Crippen molar-refractivity contribution < 1.29 is 23.4 Å². The van der Waals surface area contributed by atoms with Crippen molar-refractivity contribution in [3.63, 3.8) is 0 Å². The summed E-state index contributed by atoms with van der Waals surface area (Å²) >= 11 is 12.2. The van der Waals surface area contributed by atoms with Crippen molar-refractivity contribution in [2.45, 2.75) is 5.92 Å². The van der Waals surface area contributed by atoms with Crippen LogP contribution < -0.4 is 19.9 Å². The lowest BCUT2D eigenvalue weighted by molar-refractivity contribution is 0.0734. The summed E-state index contributed by atoms with van der Waals surface area (Å²) < 4.78 is 21.6. The van der Waals surface area contributed by atoms with Crippen molar-refractivity contribution in [1.29, 1.82) is 5.26 Å². The van der Waals surface area contributed by atoms with E-state index in [2.05, 4.69) is 6.07 Å². The van der Waals surface area contributed by atoms with Crippen LogP contribution in [0.1, 0.15) is 27.6 Å². The molecule has 0 amide bonds. The van der Waals surface area contributed by atoms with Gasteiger partial charge in [0.25, 0.3) is 0 Å². The number of benzene rings is 2. The molecule has 1 atom stereocenters. The highest BCUT2D eigenvalue weighted by atomic mass is 35.5. The standard InChI is InChI=1S/C22H14Cl2N2O5/c1-28-20-15(23)7-11(8-16(20)24)22(27)30-12-4-5-13-18(9-12)31-21(26)14(10-25)19(13)17-3-2-6-29-17/h2-9,19H,26H2,1H3. The molecule has 1 aromatic heterocycles. The first kappa shape index (κ1) is 20.7. The van der Waals surface area contributed by atoms with Crippen LogP contribution >= 0.6 is 23.2 Å². The van der Waals surface area contributed by atoms with E-state index in [1.165, 1.54) is 31.6 Å². The van der Waals surface area contributed by atoms with E-state index in [-0.39, 0.29) is 38.6 Å². The van der Waals surface area contributed by atoms with E-state index in [0.29, 0.717) is 17.1 Å². The number of nitrogens with two attached hydrogens (primary N) is 1. The van der Waals surface area contributed by atoms with Gasteiger partial charge >= 0.3 is 5.97 Å². The maximum Gasteiger partial charge on any atom is 0.343 e. The van der Waals surface area contributed by atoms with E-state index >= 15 is 0 Å². The van der Waals surface area contributed by atoms with Gasteiger partial charge in [-0.1, -0.05) is 29.3 Å². The number of hydrogen-bond donors (Lipinski definition) is 1. The lowest BCUT2D eigenvalue weighted by atomic mass is 9.87. The number of halogens is 2. The molecule has 0 fully saturated rings. The van der Waals surface area contributed by atoms with Crippen LogP contribution in [-0.4, -0.2) is 13.1 Å². The van der Waals surface area contributed by atoms with Gasteiger partial charge in [-0.2, -0.15) is 5.26 Å². The number of ether oxygens (including phenoxy) is 3. The predicted octanol–water partition coefficient (Wildman–Crippen LogP) is 5.03. The zero-order chi connectivity index (χ0) is 22.1. The monoisotopic (exact) mass is 456 g/mol. The van der Waals surface area contributed by atoms with Gasteiger partial charge in [0, 0.05) is 11.6 Å². The molecule has 3 aromatic rings. The van der Waals surface area contributed by atoms with Crippen molar-refractivity contribution in [2.24, 2.45) is 5.73 Å². The fourth-order valence-electron chi connectivity index (χ4n) is 3.29. The van der Waals surface area contributed by atoms with Gasteiger partial charge in [-0.05, 0) is 30.3 Å². The van der Waals surface area contributed by atoms with Gasteiger partial charge in [-0.3, -0.25) is 0 Å². The van der Waals surface area contributed by atoms with Gasteiger partial charge in [-0.15, -0.1) is 0 Å². The van der Waals surface area contributed by atoms with E-state index in [0.717, 1.165) is 0 Å². The van der Waals surface area contributed by atoms with Crippen LogP contribution in [0.25, 0.3) is 0 Å². The molecule has 2 heterocycles. The largest absolute Gasteiger partial charge is 0.494 e. The first-order valence-corrected chi connectivity index (χ1v) is 9.68. The average Bonchev–Trinajstić information content (AvgIpc) is 3.26. The minimum absolute atomic E-state index is 0.0476. The molecule has 0 saturated heterocycles. The number of esters is 1. The summed E-state index contributed by atoms with van der Waals surface area (Å²) in [7, 11) is 1.42. The summed E-state index contributed by atoms with van der Waals surface area (Å²) in [5.74, 6) is 0.0948. The minimum Gasteiger partial charge on any atom is -0.494 e. The Hall–Kier alpha value is -3.60. The minimum atomic E-state index is -0.675. The average molecular weight is 457 g/mol. The number of carbonyl (C=O) groups excluding carboxylic acids is 1. The van der Waals surface area contributed by atoms with Crippen LogP contribution in [0.15, 0.2) is 64.6 Å². The quantitative estimate of drug-likeness (QED) is 0.432. The lowest BCUT2D eigenvalue weighted by Crippen LogP contribution is -2.21. The molecular formula is C22H14Cl2N2O5. The molecule has 0 spiro atoms. The third-order valence-electron chi connectivity index (χ3n) is 4.67. The Labute approximate surface area is 187 Å². The molecule has 9 heteroatoms. The molecule has 156 valence electrons. The van der Waals surface area contributed by atoms with Gasteiger partial charge in [0.05, 0.1) is 34.9 Å². The van der Waals surface area contributed by atoms with Crippen LogP contribution in [0.2, 0.25) is 10.0 Å². The van der Waals surface area contributed by atoms with Crippen LogP contribution in [0, 0.1) is 11.3 Å². The first-order chi connectivity index (χ1) is 14.9. The molecule has 7 nitrogen and oxygen atoms in total. The van der Waals surface area contributed by atoms with Gasteiger partial charge in [0.1, 0.15) is 28.9 Å². The second-order valence-electron chi connectivity index (χ2n) is 6.50. The van der Waals surface area contributed by atoms with Gasteiger partial charge in [0.2, 0.25) is 5.88 Å². The van der Waals surface area contributed by atoms with Gasteiger partial charge in [0.15, 0.2) is 5.75 Å². The fourth-order valence-corrected chi connectivity index (χ4v) is 3.93. The predicted molar refractivity (Wildman–Crippen MR) is 112 cm³/mol. The summed E-state index contributed by atoms with van der Waals surface area (Å²) in [6.07, 6.45) is 1.51. The number of nitriles is 1. The summed E-state index contributed by atoms with van der Waals surface area (Å²) in [4.78, 5) is 12.6. The molecule has 1 unspecified atom stereocenters. The Morgan fingerprint density at radius 3 is 2.55 bits per heavy atom. The Kier molecular flexibility index (Phi) is 5.51. The van der Waals surface area contributed by atoms with Crippen molar-refractivity contribution in [2.75, 3.05) is 7.11 Å². The van der Waals surface area contributed by atoms with Crippen LogP contribution in [0.4, 0.5) is 0 Å². The maximum absolute atomic E-state index is 12.6. The first-order valence-electron chi connectivity index (χ1n) is 8.93. The SMILES string of the molecule is COc1c(Cl)cc(C(=O)Oc2ccc3c(c2)OC(N)=C(C#N)C3c2ccco2)cc1Cl. The third kappa shape index (κ3) is 3.79. The second-order valence-corrected chi connectivity index (χ2v) is 7.32. The van der Waals surface area contributed by atoms with E-state index in [1.807, 2.05) is 0 Å².